The fraction of sp³-hybridized carbons (Fsp3) is 0.154. The average molecular weight is 213 g/mol. The van der Waals surface area contributed by atoms with E-state index in [9.17, 15) is 0 Å². The molecule has 0 radical (unpaired) electrons. The zero-order valence-electron chi connectivity index (χ0n) is 9.15. The predicted molar refractivity (Wildman–Crippen MR) is 59.4 cm³/mol. The predicted octanol–water partition coefficient (Wildman–Crippen LogP) is 3.56. The summed E-state index contributed by atoms with van der Waals surface area (Å²) in [6.07, 6.45) is 0. The molecule has 0 bridgehead atoms. The Hall–Kier alpha value is -2.21. The van der Waals surface area contributed by atoms with E-state index in [1.807, 2.05) is 32.0 Å². The number of rotatable bonds is 2. The third-order valence-corrected chi connectivity index (χ3v) is 2.11. The highest BCUT2D eigenvalue weighted by atomic mass is 16.6. The van der Waals surface area contributed by atoms with Gasteiger partial charge in [-0.2, -0.15) is 5.26 Å². The fourth-order valence-corrected chi connectivity index (χ4v) is 1.54. The zero-order chi connectivity index (χ0) is 11.5. The Morgan fingerprint density at radius 2 is 1.81 bits per heavy atom. The van der Waals surface area contributed by atoms with Crippen LogP contribution in [0.5, 0.6) is 11.7 Å². The Balaban J connectivity index is 2.23. The fourth-order valence-electron chi connectivity index (χ4n) is 1.54. The molecule has 0 aliphatic carbocycles. The first-order valence-electron chi connectivity index (χ1n) is 4.93. The molecule has 0 amide bonds. The molecule has 0 unspecified atom stereocenters. The van der Waals surface area contributed by atoms with E-state index in [0.29, 0.717) is 5.95 Å². The topological polar surface area (TPSA) is 46.2 Å². The standard InChI is InChI=1S/C13H11NO2/c1-9-5-10(2)7-12(6-9)16-13-4-3-11(8-14)15-13/h3-7H,1-2H3. The number of furan rings is 1. The van der Waals surface area contributed by atoms with E-state index in [1.165, 1.54) is 0 Å². The van der Waals surface area contributed by atoms with E-state index >= 15 is 0 Å². The molecule has 0 atom stereocenters. The highest BCUT2D eigenvalue weighted by molar-refractivity contribution is 5.35. The van der Waals surface area contributed by atoms with Gasteiger partial charge in [0.2, 0.25) is 5.76 Å². The van der Waals surface area contributed by atoms with Crippen LogP contribution in [0.4, 0.5) is 0 Å². The summed E-state index contributed by atoms with van der Waals surface area (Å²) < 4.78 is 10.6. The van der Waals surface area contributed by atoms with E-state index in [2.05, 4.69) is 6.07 Å². The van der Waals surface area contributed by atoms with Crippen LogP contribution in [0, 0.1) is 25.2 Å². The molecule has 80 valence electrons. The van der Waals surface area contributed by atoms with Gasteiger partial charge in [0.05, 0.1) is 0 Å². The van der Waals surface area contributed by atoms with Gasteiger partial charge in [0.15, 0.2) is 0 Å². The number of ether oxygens (including phenoxy) is 1. The lowest BCUT2D eigenvalue weighted by Gasteiger charge is -2.04. The van der Waals surface area contributed by atoms with Crippen molar-refractivity contribution in [1.29, 1.82) is 5.26 Å². The minimum absolute atomic E-state index is 0.249. The smallest absolute Gasteiger partial charge is 0.291 e. The molecule has 0 saturated heterocycles. The molecule has 0 N–H and O–H groups in total. The summed E-state index contributed by atoms with van der Waals surface area (Å²) >= 11 is 0. The minimum Gasteiger partial charge on any atom is -0.426 e. The van der Waals surface area contributed by atoms with E-state index in [1.54, 1.807) is 12.1 Å². The van der Waals surface area contributed by atoms with Gasteiger partial charge in [0.1, 0.15) is 11.8 Å². The zero-order valence-corrected chi connectivity index (χ0v) is 9.15. The van der Waals surface area contributed by atoms with E-state index in [0.717, 1.165) is 16.9 Å². The summed E-state index contributed by atoms with van der Waals surface area (Å²) in [6, 6.07) is 11.0. The van der Waals surface area contributed by atoms with Crippen LogP contribution in [0.2, 0.25) is 0 Å². The maximum Gasteiger partial charge on any atom is 0.291 e. The van der Waals surface area contributed by atoms with Gasteiger partial charge < -0.3 is 9.15 Å². The molecule has 3 heteroatoms. The number of benzene rings is 1. The van der Waals surface area contributed by atoms with Crippen molar-refractivity contribution in [3.63, 3.8) is 0 Å². The Kier molecular flexibility index (Phi) is 2.65. The largest absolute Gasteiger partial charge is 0.426 e. The molecule has 0 aliphatic rings. The molecule has 1 aromatic carbocycles. The number of hydrogen-bond acceptors (Lipinski definition) is 3. The molecule has 0 spiro atoms. The van der Waals surface area contributed by atoms with Crippen molar-refractivity contribution in [1.82, 2.24) is 0 Å². The molecule has 3 nitrogen and oxygen atoms in total. The van der Waals surface area contributed by atoms with Gasteiger partial charge in [0, 0.05) is 6.07 Å². The SMILES string of the molecule is Cc1cc(C)cc(Oc2ccc(C#N)o2)c1. The second-order valence-corrected chi connectivity index (χ2v) is 3.66. The number of hydrogen-bond donors (Lipinski definition) is 0. The second kappa shape index (κ2) is 4.11. The van der Waals surface area contributed by atoms with Crippen molar-refractivity contribution in [2.24, 2.45) is 0 Å². The van der Waals surface area contributed by atoms with Crippen LogP contribution in [0.15, 0.2) is 34.7 Å². The molecule has 2 aromatic rings. The number of nitrogens with zero attached hydrogens (tertiary/aromatic N) is 1. The van der Waals surface area contributed by atoms with Gasteiger partial charge in [0.25, 0.3) is 5.95 Å². The summed E-state index contributed by atoms with van der Waals surface area (Å²) in [5, 5.41) is 8.61. The second-order valence-electron chi connectivity index (χ2n) is 3.66. The van der Waals surface area contributed by atoms with Gasteiger partial charge in [-0.3, -0.25) is 0 Å². The maximum atomic E-state index is 8.61. The first-order valence-corrected chi connectivity index (χ1v) is 4.93. The molecular formula is C13H11NO2. The Labute approximate surface area is 93.9 Å². The summed E-state index contributed by atoms with van der Waals surface area (Å²) in [5.41, 5.74) is 2.25. The molecule has 0 aliphatic heterocycles. The molecule has 16 heavy (non-hydrogen) atoms. The monoisotopic (exact) mass is 213 g/mol. The molecular weight excluding hydrogens is 202 g/mol. The van der Waals surface area contributed by atoms with Gasteiger partial charge in [-0.1, -0.05) is 6.07 Å². The maximum absolute atomic E-state index is 8.61. The Bertz CT molecular complexity index is 529. The van der Waals surface area contributed by atoms with Crippen molar-refractivity contribution >= 4 is 0 Å². The molecule has 1 aromatic heterocycles. The molecule has 1 heterocycles. The first kappa shape index (κ1) is 10.3. The Morgan fingerprint density at radius 1 is 1.12 bits per heavy atom. The van der Waals surface area contributed by atoms with Crippen LogP contribution in [0.25, 0.3) is 0 Å². The number of nitriles is 1. The van der Waals surface area contributed by atoms with Crippen LogP contribution in [-0.2, 0) is 0 Å². The minimum atomic E-state index is 0.249. The lowest BCUT2D eigenvalue weighted by atomic mass is 10.1. The highest BCUT2D eigenvalue weighted by Crippen LogP contribution is 2.25. The normalized spacial score (nSPS) is 9.81. The summed E-state index contributed by atoms with van der Waals surface area (Å²) in [4.78, 5) is 0. The van der Waals surface area contributed by atoms with Crippen LogP contribution in [-0.4, -0.2) is 0 Å². The first-order chi connectivity index (χ1) is 7.67. The van der Waals surface area contributed by atoms with Crippen LogP contribution in [0.1, 0.15) is 16.9 Å². The molecule has 0 saturated carbocycles. The summed E-state index contributed by atoms with van der Waals surface area (Å²) in [5.74, 6) is 1.30. The van der Waals surface area contributed by atoms with E-state index < -0.39 is 0 Å². The molecule has 2 rings (SSSR count). The van der Waals surface area contributed by atoms with Crippen LogP contribution in [0.3, 0.4) is 0 Å². The number of aryl methyl sites for hydroxylation is 2. The lowest BCUT2D eigenvalue weighted by molar-refractivity contribution is 0.342. The summed E-state index contributed by atoms with van der Waals surface area (Å²) in [6.45, 7) is 4.01. The summed E-state index contributed by atoms with van der Waals surface area (Å²) in [7, 11) is 0. The van der Waals surface area contributed by atoms with Crippen molar-refractivity contribution < 1.29 is 9.15 Å². The Morgan fingerprint density at radius 3 is 2.38 bits per heavy atom. The van der Waals surface area contributed by atoms with Crippen molar-refractivity contribution in [3.05, 3.63) is 47.2 Å². The molecule has 0 fully saturated rings. The van der Waals surface area contributed by atoms with Gasteiger partial charge in [-0.15, -0.1) is 0 Å². The van der Waals surface area contributed by atoms with Crippen LogP contribution < -0.4 is 4.74 Å². The van der Waals surface area contributed by atoms with Crippen molar-refractivity contribution in [2.45, 2.75) is 13.8 Å². The quantitative estimate of drug-likeness (QED) is 0.766. The average Bonchev–Trinajstić information content (AvgIpc) is 2.64. The van der Waals surface area contributed by atoms with E-state index in [-0.39, 0.29) is 5.76 Å². The van der Waals surface area contributed by atoms with Gasteiger partial charge >= 0.3 is 0 Å². The third-order valence-electron chi connectivity index (χ3n) is 2.11. The lowest BCUT2D eigenvalue weighted by Crippen LogP contribution is -1.84. The third kappa shape index (κ3) is 2.23. The van der Waals surface area contributed by atoms with Crippen molar-refractivity contribution in [2.75, 3.05) is 0 Å². The van der Waals surface area contributed by atoms with E-state index in [4.69, 9.17) is 14.4 Å². The van der Waals surface area contributed by atoms with Crippen molar-refractivity contribution in [3.8, 4) is 17.8 Å². The van der Waals surface area contributed by atoms with Gasteiger partial charge in [-0.05, 0) is 43.2 Å². The highest BCUT2D eigenvalue weighted by Gasteiger charge is 2.04. The van der Waals surface area contributed by atoms with Gasteiger partial charge in [-0.25, -0.2) is 0 Å². The van der Waals surface area contributed by atoms with Crippen LogP contribution >= 0.6 is 0 Å².